The van der Waals surface area contributed by atoms with Gasteiger partial charge in [0.25, 0.3) is 0 Å². The Hall–Kier alpha value is -0.630. The molecule has 1 aliphatic heterocycles. The smallest absolute Gasteiger partial charge is 0.105 e. The van der Waals surface area contributed by atoms with E-state index in [1.165, 1.54) is 12.8 Å². The van der Waals surface area contributed by atoms with Gasteiger partial charge in [-0.15, -0.1) is 0 Å². The van der Waals surface area contributed by atoms with E-state index in [1.807, 2.05) is 6.92 Å². The Balaban J connectivity index is 1.68. The standard InChI is InChI=1S/C15H27N3O/c1-3-19-14-6-9-18(10-7-14)11-8-15(2,12-16)17-13-4-5-13/h13-14,17H,3-11H2,1-2H3. The molecule has 0 bridgehead atoms. The van der Waals surface area contributed by atoms with Gasteiger partial charge in [-0.05, 0) is 46.0 Å². The van der Waals surface area contributed by atoms with Crippen molar-refractivity contribution >= 4 is 0 Å². The van der Waals surface area contributed by atoms with Gasteiger partial charge in [-0.1, -0.05) is 0 Å². The van der Waals surface area contributed by atoms with Crippen molar-refractivity contribution in [1.82, 2.24) is 10.2 Å². The topological polar surface area (TPSA) is 48.3 Å². The van der Waals surface area contributed by atoms with Gasteiger partial charge in [-0.2, -0.15) is 5.26 Å². The minimum atomic E-state index is -0.349. The number of likely N-dealkylation sites (tertiary alicyclic amines) is 1. The van der Waals surface area contributed by atoms with Crippen molar-refractivity contribution in [1.29, 1.82) is 5.26 Å². The lowest BCUT2D eigenvalue weighted by molar-refractivity contribution is 0.0132. The zero-order valence-electron chi connectivity index (χ0n) is 12.3. The highest BCUT2D eigenvalue weighted by molar-refractivity contribution is 5.07. The van der Waals surface area contributed by atoms with Gasteiger partial charge in [0.15, 0.2) is 0 Å². The molecule has 0 radical (unpaired) electrons. The second-order valence-corrected chi connectivity index (χ2v) is 6.11. The van der Waals surface area contributed by atoms with Crippen LogP contribution in [0.2, 0.25) is 0 Å². The molecule has 4 nitrogen and oxygen atoms in total. The first-order valence-corrected chi connectivity index (χ1v) is 7.68. The van der Waals surface area contributed by atoms with Crippen molar-refractivity contribution in [2.24, 2.45) is 0 Å². The largest absolute Gasteiger partial charge is 0.378 e. The van der Waals surface area contributed by atoms with Gasteiger partial charge < -0.3 is 9.64 Å². The van der Waals surface area contributed by atoms with Crippen molar-refractivity contribution in [3.05, 3.63) is 0 Å². The van der Waals surface area contributed by atoms with Gasteiger partial charge in [0.2, 0.25) is 0 Å². The summed E-state index contributed by atoms with van der Waals surface area (Å²) in [5.41, 5.74) is -0.349. The number of hydrogen-bond donors (Lipinski definition) is 1. The van der Waals surface area contributed by atoms with Gasteiger partial charge in [0.05, 0.1) is 12.2 Å². The van der Waals surface area contributed by atoms with Gasteiger partial charge >= 0.3 is 0 Å². The maximum Gasteiger partial charge on any atom is 0.105 e. The summed E-state index contributed by atoms with van der Waals surface area (Å²) in [5, 5.41) is 12.8. The second kappa shape index (κ2) is 6.69. The maximum absolute atomic E-state index is 9.35. The number of ether oxygens (including phenoxy) is 1. The molecule has 108 valence electrons. The van der Waals surface area contributed by atoms with Crippen LogP contribution in [0.5, 0.6) is 0 Å². The quantitative estimate of drug-likeness (QED) is 0.764. The summed E-state index contributed by atoms with van der Waals surface area (Å²) >= 11 is 0. The molecule has 4 heteroatoms. The summed E-state index contributed by atoms with van der Waals surface area (Å²) in [5.74, 6) is 0. The van der Waals surface area contributed by atoms with Crippen LogP contribution in [0.3, 0.4) is 0 Å². The fraction of sp³-hybridized carbons (Fsp3) is 0.933. The number of piperidine rings is 1. The normalized spacial score (nSPS) is 24.9. The summed E-state index contributed by atoms with van der Waals surface area (Å²) in [6.45, 7) is 8.16. The van der Waals surface area contributed by atoms with Gasteiger partial charge in [0, 0.05) is 32.3 Å². The van der Waals surface area contributed by atoms with Gasteiger partial charge in [0.1, 0.15) is 5.54 Å². The van der Waals surface area contributed by atoms with E-state index in [0.717, 1.165) is 45.5 Å². The predicted octanol–water partition coefficient (Wildman–Crippen LogP) is 1.91. The molecule has 1 unspecified atom stereocenters. The highest BCUT2D eigenvalue weighted by Crippen LogP contribution is 2.24. The summed E-state index contributed by atoms with van der Waals surface area (Å²) in [7, 11) is 0. The van der Waals surface area contributed by atoms with E-state index in [1.54, 1.807) is 0 Å². The van der Waals surface area contributed by atoms with Crippen LogP contribution >= 0.6 is 0 Å². The Bertz CT molecular complexity index is 316. The average Bonchev–Trinajstić information content (AvgIpc) is 3.22. The molecule has 2 rings (SSSR count). The van der Waals surface area contributed by atoms with Crippen LogP contribution < -0.4 is 5.32 Å². The second-order valence-electron chi connectivity index (χ2n) is 6.11. The fourth-order valence-corrected chi connectivity index (χ4v) is 2.76. The molecule has 0 aromatic rings. The minimum absolute atomic E-state index is 0.349. The van der Waals surface area contributed by atoms with Gasteiger partial charge in [-0.3, -0.25) is 5.32 Å². The first-order valence-electron chi connectivity index (χ1n) is 7.68. The third-order valence-electron chi connectivity index (χ3n) is 4.21. The first-order chi connectivity index (χ1) is 9.15. The van der Waals surface area contributed by atoms with Crippen LogP contribution in [0.25, 0.3) is 0 Å². The Labute approximate surface area is 117 Å². The van der Waals surface area contributed by atoms with Crippen LogP contribution in [0, 0.1) is 11.3 Å². The molecule has 0 amide bonds. The van der Waals surface area contributed by atoms with E-state index in [4.69, 9.17) is 4.74 Å². The van der Waals surface area contributed by atoms with Crippen molar-refractivity contribution in [3.63, 3.8) is 0 Å². The number of nitrogens with one attached hydrogen (secondary N) is 1. The summed E-state index contributed by atoms with van der Waals surface area (Å²) in [4.78, 5) is 2.47. The number of hydrogen-bond acceptors (Lipinski definition) is 4. The van der Waals surface area contributed by atoms with Crippen LogP contribution in [0.15, 0.2) is 0 Å². The number of nitriles is 1. The molecule has 1 N–H and O–H groups in total. The monoisotopic (exact) mass is 265 g/mol. The third kappa shape index (κ3) is 4.76. The van der Waals surface area contributed by atoms with E-state index in [0.29, 0.717) is 12.1 Å². The van der Waals surface area contributed by atoms with Crippen LogP contribution in [-0.2, 0) is 4.74 Å². The molecule has 1 atom stereocenters. The van der Waals surface area contributed by atoms with E-state index >= 15 is 0 Å². The zero-order chi connectivity index (χ0) is 13.7. The van der Waals surface area contributed by atoms with Crippen molar-refractivity contribution in [2.75, 3.05) is 26.2 Å². The fourth-order valence-electron chi connectivity index (χ4n) is 2.76. The first kappa shape index (κ1) is 14.8. The van der Waals surface area contributed by atoms with E-state index in [-0.39, 0.29) is 5.54 Å². The minimum Gasteiger partial charge on any atom is -0.378 e. The Morgan fingerprint density at radius 2 is 2.00 bits per heavy atom. The lowest BCUT2D eigenvalue weighted by Crippen LogP contribution is -2.46. The maximum atomic E-state index is 9.35. The third-order valence-corrected chi connectivity index (χ3v) is 4.21. The zero-order valence-corrected chi connectivity index (χ0v) is 12.3. The SMILES string of the molecule is CCOC1CCN(CCC(C)(C#N)NC2CC2)CC1. The van der Waals surface area contributed by atoms with Gasteiger partial charge in [-0.25, -0.2) is 0 Å². The molecule has 2 fully saturated rings. The molecule has 0 aromatic carbocycles. The van der Waals surface area contributed by atoms with Crippen LogP contribution in [0.4, 0.5) is 0 Å². The van der Waals surface area contributed by atoms with E-state index in [9.17, 15) is 5.26 Å². The van der Waals surface area contributed by atoms with Crippen LogP contribution in [-0.4, -0.2) is 48.8 Å². The lowest BCUT2D eigenvalue weighted by Gasteiger charge is -2.33. The lowest BCUT2D eigenvalue weighted by atomic mass is 9.98. The molecule has 19 heavy (non-hydrogen) atoms. The molecule has 1 saturated heterocycles. The molecule has 0 spiro atoms. The van der Waals surface area contributed by atoms with Crippen molar-refractivity contribution in [3.8, 4) is 6.07 Å². The molecular formula is C15H27N3O. The predicted molar refractivity (Wildman–Crippen MR) is 75.9 cm³/mol. The molecule has 1 aliphatic carbocycles. The Morgan fingerprint density at radius 3 is 2.53 bits per heavy atom. The molecule has 1 heterocycles. The highest BCUT2D eigenvalue weighted by atomic mass is 16.5. The summed E-state index contributed by atoms with van der Waals surface area (Å²) in [6, 6.07) is 3.05. The highest BCUT2D eigenvalue weighted by Gasteiger charge is 2.33. The summed E-state index contributed by atoms with van der Waals surface area (Å²) < 4.78 is 5.67. The van der Waals surface area contributed by atoms with Crippen LogP contribution in [0.1, 0.15) is 46.0 Å². The number of nitrogens with zero attached hydrogens (tertiary/aromatic N) is 2. The summed E-state index contributed by atoms with van der Waals surface area (Å²) in [6.07, 6.45) is 6.10. The molecule has 0 aromatic heterocycles. The molecule has 2 aliphatic rings. The van der Waals surface area contributed by atoms with Crippen molar-refractivity contribution in [2.45, 2.75) is 63.6 Å². The molecule has 1 saturated carbocycles. The number of rotatable bonds is 7. The van der Waals surface area contributed by atoms with E-state index in [2.05, 4.69) is 23.2 Å². The Kier molecular flexibility index (Phi) is 5.20. The molecular weight excluding hydrogens is 238 g/mol. The average molecular weight is 265 g/mol. The Morgan fingerprint density at radius 1 is 1.32 bits per heavy atom. The van der Waals surface area contributed by atoms with Crippen molar-refractivity contribution < 1.29 is 4.74 Å². The van der Waals surface area contributed by atoms with E-state index < -0.39 is 0 Å².